The zero-order valence-corrected chi connectivity index (χ0v) is 18.8. The number of nitrogens with zero attached hydrogens (tertiary/aromatic N) is 2. The van der Waals surface area contributed by atoms with Crippen molar-refractivity contribution in [1.29, 1.82) is 0 Å². The fourth-order valence-electron chi connectivity index (χ4n) is 2.44. The molecule has 1 amide bonds. The largest absolute Gasteiger partial charge is 0.443 e. The quantitative estimate of drug-likeness (QED) is 0.461. The number of amidine groups is 1. The number of thiol groups is 1. The molecular formula is C17H24BrN3O4S2. The number of sulfonamides is 1. The van der Waals surface area contributed by atoms with Crippen molar-refractivity contribution in [2.45, 2.75) is 57.0 Å². The maximum atomic E-state index is 12.3. The van der Waals surface area contributed by atoms with E-state index >= 15 is 0 Å². The number of rotatable bonds is 6. The summed E-state index contributed by atoms with van der Waals surface area (Å²) in [5.41, 5.74) is -0.0274. The molecule has 1 heterocycles. The first-order chi connectivity index (χ1) is 12.5. The molecule has 0 saturated carbocycles. The molecule has 0 radical (unpaired) electrons. The number of carbonyl (C=O) groups is 1. The van der Waals surface area contributed by atoms with Gasteiger partial charge < -0.3 is 10.1 Å². The lowest BCUT2D eigenvalue weighted by Crippen LogP contribution is -2.31. The first-order valence-corrected chi connectivity index (χ1v) is 11.2. The van der Waals surface area contributed by atoms with Crippen LogP contribution in [-0.2, 0) is 14.8 Å². The van der Waals surface area contributed by atoms with Crippen LogP contribution in [0.15, 0.2) is 32.0 Å². The molecule has 0 fully saturated rings. The molecule has 27 heavy (non-hydrogen) atoms. The highest BCUT2D eigenvalue weighted by Gasteiger charge is 2.24. The highest BCUT2D eigenvalue weighted by Crippen LogP contribution is 2.30. The van der Waals surface area contributed by atoms with Crippen molar-refractivity contribution in [2.75, 3.05) is 11.9 Å². The Morgan fingerprint density at radius 2 is 2.00 bits per heavy atom. The number of amides is 1. The molecule has 10 heteroatoms. The summed E-state index contributed by atoms with van der Waals surface area (Å²) in [6.45, 7) is 5.85. The van der Waals surface area contributed by atoms with Gasteiger partial charge in [0.25, 0.3) is 10.0 Å². The fourth-order valence-corrected chi connectivity index (χ4v) is 4.14. The van der Waals surface area contributed by atoms with Gasteiger partial charge in [-0.3, -0.25) is 4.31 Å². The van der Waals surface area contributed by atoms with E-state index in [0.717, 1.165) is 23.7 Å². The van der Waals surface area contributed by atoms with E-state index < -0.39 is 21.7 Å². The lowest BCUT2D eigenvalue weighted by Gasteiger charge is -2.23. The third-order valence-corrected chi connectivity index (χ3v) is 5.85. The van der Waals surface area contributed by atoms with E-state index in [4.69, 9.17) is 4.74 Å². The van der Waals surface area contributed by atoms with Crippen LogP contribution in [0.5, 0.6) is 0 Å². The Kier molecular flexibility index (Phi) is 7.20. The molecule has 2 rings (SSSR count). The average molecular weight is 478 g/mol. The van der Waals surface area contributed by atoms with Crippen LogP contribution in [-0.4, -0.2) is 36.8 Å². The van der Waals surface area contributed by atoms with Gasteiger partial charge in [-0.25, -0.2) is 4.79 Å². The van der Waals surface area contributed by atoms with Crippen LogP contribution in [0.2, 0.25) is 0 Å². The van der Waals surface area contributed by atoms with Gasteiger partial charge in [-0.2, -0.15) is 8.42 Å². The molecule has 150 valence electrons. The van der Waals surface area contributed by atoms with Gasteiger partial charge in [0, 0.05) is 17.4 Å². The molecule has 0 atom stereocenters. The standard InChI is InChI=1S/C17H24BrN3O4S2/c1-17(2,3)25-16(22)21(26)10-6-4-5-7-15-19-13-11-12(18)8-9-14(13)27(23,24)20-15/h8-9,11,26H,4-7,10H2,1-3H3,(H,19,20). The number of ether oxygens (including phenoxy) is 1. The Morgan fingerprint density at radius 1 is 1.30 bits per heavy atom. The maximum Gasteiger partial charge on any atom is 0.420 e. The molecule has 1 aliphatic rings. The summed E-state index contributed by atoms with van der Waals surface area (Å²) in [5.74, 6) is 0.426. The highest BCUT2D eigenvalue weighted by molar-refractivity contribution is 9.10. The average Bonchev–Trinajstić information content (AvgIpc) is 2.51. The number of hydrogen-bond donors (Lipinski definition) is 2. The van der Waals surface area contributed by atoms with E-state index in [2.05, 4.69) is 38.5 Å². The van der Waals surface area contributed by atoms with Crippen LogP contribution in [0.4, 0.5) is 10.5 Å². The van der Waals surface area contributed by atoms with Gasteiger partial charge in [-0.05, 0) is 51.8 Å². The van der Waals surface area contributed by atoms with Crippen molar-refractivity contribution in [3.05, 3.63) is 22.7 Å². The van der Waals surface area contributed by atoms with Gasteiger partial charge in [-0.1, -0.05) is 35.2 Å². The Bertz CT molecular complexity index is 835. The van der Waals surface area contributed by atoms with Crippen molar-refractivity contribution >= 4 is 56.4 Å². The molecule has 7 nitrogen and oxygen atoms in total. The zero-order chi connectivity index (χ0) is 20.2. The lowest BCUT2D eigenvalue weighted by atomic mass is 10.1. The topological polar surface area (TPSA) is 88.1 Å². The van der Waals surface area contributed by atoms with E-state index in [9.17, 15) is 13.2 Å². The first-order valence-electron chi connectivity index (χ1n) is 8.58. The maximum absolute atomic E-state index is 12.3. The van der Waals surface area contributed by atoms with Gasteiger partial charge in [0.05, 0.1) is 5.69 Å². The van der Waals surface area contributed by atoms with E-state index in [1.165, 1.54) is 10.4 Å². The molecule has 1 N–H and O–H groups in total. The van der Waals surface area contributed by atoms with Gasteiger partial charge in [0.15, 0.2) is 0 Å². The van der Waals surface area contributed by atoms with Crippen LogP contribution >= 0.6 is 28.7 Å². The smallest absolute Gasteiger partial charge is 0.420 e. The molecular weight excluding hydrogens is 454 g/mol. The number of hydrogen-bond acceptors (Lipinski definition) is 6. The van der Waals surface area contributed by atoms with Gasteiger partial charge in [0.1, 0.15) is 16.3 Å². The van der Waals surface area contributed by atoms with Gasteiger partial charge >= 0.3 is 6.09 Å². The summed E-state index contributed by atoms with van der Waals surface area (Å²) in [7, 11) is -3.67. The van der Waals surface area contributed by atoms with E-state index in [0.29, 0.717) is 24.5 Å². The molecule has 0 aromatic heterocycles. The summed E-state index contributed by atoms with van der Waals surface area (Å²) >= 11 is 7.48. The SMILES string of the molecule is CC(C)(C)OC(=O)N(S)CCCCCC1=NS(=O)(=O)c2ccc(Br)cc2N1. The van der Waals surface area contributed by atoms with Crippen molar-refractivity contribution in [1.82, 2.24) is 4.31 Å². The van der Waals surface area contributed by atoms with Crippen molar-refractivity contribution in [3.8, 4) is 0 Å². The Hall–Kier alpha value is -1.26. The minimum atomic E-state index is -3.67. The van der Waals surface area contributed by atoms with Crippen LogP contribution in [0.3, 0.4) is 0 Å². The van der Waals surface area contributed by atoms with E-state index in [-0.39, 0.29) is 4.90 Å². The predicted molar refractivity (Wildman–Crippen MR) is 113 cm³/mol. The van der Waals surface area contributed by atoms with Crippen LogP contribution < -0.4 is 5.32 Å². The molecule has 0 bridgehead atoms. The number of benzene rings is 1. The van der Waals surface area contributed by atoms with Crippen molar-refractivity contribution < 1.29 is 17.9 Å². The van der Waals surface area contributed by atoms with E-state index in [1.807, 2.05) is 0 Å². The molecule has 0 saturated heterocycles. The number of carbonyl (C=O) groups excluding carboxylic acids is 1. The van der Waals surface area contributed by atoms with Crippen LogP contribution in [0.25, 0.3) is 0 Å². The second-order valence-corrected chi connectivity index (χ2v) is 10.2. The molecule has 0 spiro atoms. The number of fused-ring (bicyclic) bond motifs is 1. The van der Waals surface area contributed by atoms with Crippen LogP contribution in [0, 0.1) is 0 Å². The molecule has 0 unspecified atom stereocenters. The van der Waals surface area contributed by atoms with E-state index in [1.54, 1.807) is 32.9 Å². The molecule has 0 aliphatic carbocycles. The minimum Gasteiger partial charge on any atom is -0.443 e. The van der Waals surface area contributed by atoms with Gasteiger partial charge in [-0.15, -0.1) is 4.40 Å². The molecule has 1 aliphatic heterocycles. The fraction of sp³-hybridized carbons (Fsp3) is 0.529. The highest BCUT2D eigenvalue weighted by atomic mass is 79.9. The third kappa shape index (κ3) is 6.69. The zero-order valence-electron chi connectivity index (χ0n) is 15.5. The predicted octanol–water partition coefficient (Wildman–Crippen LogP) is 4.60. The number of halogens is 1. The Morgan fingerprint density at radius 3 is 2.67 bits per heavy atom. The normalized spacial score (nSPS) is 15.4. The van der Waals surface area contributed by atoms with Crippen LogP contribution in [0.1, 0.15) is 46.5 Å². The van der Waals surface area contributed by atoms with Crippen molar-refractivity contribution in [2.24, 2.45) is 4.40 Å². The summed E-state index contributed by atoms with van der Waals surface area (Å²) in [4.78, 5) is 12.0. The Labute approximate surface area is 174 Å². The molecule has 1 aromatic rings. The Balaban J connectivity index is 1.80. The minimum absolute atomic E-state index is 0.178. The summed E-state index contributed by atoms with van der Waals surface area (Å²) < 4.78 is 35.6. The third-order valence-electron chi connectivity index (χ3n) is 3.62. The monoisotopic (exact) mass is 477 g/mol. The summed E-state index contributed by atoms with van der Waals surface area (Å²) in [6.07, 6.45) is 2.29. The number of nitrogens with one attached hydrogen (secondary N) is 1. The lowest BCUT2D eigenvalue weighted by molar-refractivity contribution is 0.0406. The van der Waals surface area contributed by atoms with Crippen molar-refractivity contribution in [3.63, 3.8) is 0 Å². The second kappa shape index (κ2) is 8.83. The number of unbranched alkanes of at least 4 members (excludes halogenated alkanes) is 2. The summed E-state index contributed by atoms with van der Waals surface area (Å²) in [5, 5.41) is 3.08. The first kappa shape index (κ1) is 22.0. The molecule has 1 aromatic carbocycles. The number of anilines is 1. The summed E-state index contributed by atoms with van der Waals surface area (Å²) in [6, 6.07) is 4.92. The second-order valence-electron chi connectivity index (χ2n) is 7.19. The van der Waals surface area contributed by atoms with Gasteiger partial charge in [0.2, 0.25) is 0 Å².